The fraction of sp³-hybridized carbons (Fsp3) is 0.562. The normalized spacial score (nSPS) is 12.2. The van der Waals surface area contributed by atoms with E-state index >= 15 is 0 Å². The lowest BCUT2D eigenvalue weighted by atomic mass is 10.1. The Morgan fingerprint density at radius 1 is 1.24 bits per heavy atom. The maximum absolute atomic E-state index is 11.1. The summed E-state index contributed by atoms with van der Waals surface area (Å²) in [6, 6.07) is 7.76. The van der Waals surface area contributed by atoms with Gasteiger partial charge in [0.1, 0.15) is 5.75 Å². The predicted molar refractivity (Wildman–Crippen MR) is 85.2 cm³/mol. The minimum Gasteiger partial charge on any atom is -0.497 e. The molecule has 1 aromatic rings. The van der Waals surface area contributed by atoms with Crippen LogP contribution in [0.2, 0.25) is 0 Å². The third-order valence-electron chi connectivity index (χ3n) is 3.39. The fourth-order valence-corrected chi connectivity index (χ4v) is 2.11. The lowest BCUT2D eigenvalue weighted by molar-refractivity contribution is -0.140. The third-order valence-corrected chi connectivity index (χ3v) is 3.39. The molecule has 0 radical (unpaired) electrons. The van der Waals surface area contributed by atoms with Crippen molar-refractivity contribution in [2.24, 2.45) is 5.92 Å². The van der Waals surface area contributed by atoms with Crippen LogP contribution < -0.4 is 9.64 Å². The number of anilines is 1. The highest BCUT2D eigenvalue weighted by atomic mass is 16.5. The Balaban J connectivity index is 2.75. The van der Waals surface area contributed by atoms with Crippen LogP contribution in [-0.2, 0) is 4.79 Å². The van der Waals surface area contributed by atoms with E-state index in [2.05, 4.69) is 9.80 Å². The van der Waals surface area contributed by atoms with Gasteiger partial charge in [-0.25, -0.2) is 0 Å². The van der Waals surface area contributed by atoms with E-state index in [9.17, 15) is 4.79 Å². The Morgan fingerprint density at radius 2 is 1.86 bits per heavy atom. The van der Waals surface area contributed by atoms with Gasteiger partial charge < -0.3 is 19.6 Å². The van der Waals surface area contributed by atoms with E-state index in [1.54, 1.807) is 14.0 Å². The van der Waals surface area contributed by atoms with Gasteiger partial charge in [-0.1, -0.05) is 6.92 Å². The van der Waals surface area contributed by atoms with Crippen molar-refractivity contribution in [1.82, 2.24) is 4.90 Å². The lowest BCUT2D eigenvalue weighted by Gasteiger charge is -2.27. The van der Waals surface area contributed by atoms with E-state index < -0.39 is 11.9 Å². The molecule has 0 saturated heterocycles. The first kappa shape index (κ1) is 17.3. The van der Waals surface area contributed by atoms with E-state index in [-0.39, 0.29) is 0 Å². The molecule has 0 heterocycles. The highest BCUT2D eigenvalue weighted by Gasteiger charge is 2.16. The summed E-state index contributed by atoms with van der Waals surface area (Å²) in [5.74, 6) is -0.356. The quantitative estimate of drug-likeness (QED) is 0.756. The number of nitrogens with zero attached hydrogens (tertiary/aromatic N) is 2. The number of rotatable bonds is 9. The summed E-state index contributed by atoms with van der Waals surface area (Å²) in [6.07, 6.45) is 0.991. The molecule has 0 aromatic heterocycles. The van der Waals surface area contributed by atoms with Crippen molar-refractivity contribution in [3.05, 3.63) is 24.3 Å². The van der Waals surface area contributed by atoms with E-state index in [1.165, 1.54) is 0 Å². The number of hydrogen-bond acceptors (Lipinski definition) is 4. The van der Waals surface area contributed by atoms with Gasteiger partial charge >= 0.3 is 5.97 Å². The molecule has 1 rings (SSSR count). The zero-order valence-corrected chi connectivity index (χ0v) is 13.4. The molecule has 5 heteroatoms. The first-order valence-electron chi connectivity index (χ1n) is 7.20. The molecular weight excluding hydrogens is 268 g/mol. The smallest absolute Gasteiger partial charge is 0.308 e. The average Bonchev–Trinajstić information content (AvgIpc) is 2.45. The average molecular weight is 294 g/mol. The van der Waals surface area contributed by atoms with Gasteiger partial charge in [-0.2, -0.15) is 0 Å². The van der Waals surface area contributed by atoms with Gasteiger partial charge in [0.25, 0.3) is 0 Å². The Kier molecular flexibility index (Phi) is 7.02. The van der Waals surface area contributed by atoms with Crippen LogP contribution in [0.3, 0.4) is 0 Å². The molecular formula is C16H26N2O3. The maximum atomic E-state index is 11.1. The molecule has 0 aliphatic carbocycles. The molecule has 5 nitrogen and oxygen atoms in total. The summed E-state index contributed by atoms with van der Waals surface area (Å²) in [7, 11) is 5.71. The van der Waals surface area contributed by atoms with Crippen LogP contribution in [0.25, 0.3) is 0 Å². The van der Waals surface area contributed by atoms with Crippen LogP contribution in [0.1, 0.15) is 13.3 Å². The van der Waals surface area contributed by atoms with Crippen LogP contribution in [0.15, 0.2) is 24.3 Å². The van der Waals surface area contributed by atoms with Crippen LogP contribution in [0.4, 0.5) is 5.69 Å². The van der Waals surface area contributed by atoms with Crippen LogP contribution in [0.5, 0.6) is 5.75 Å². The topological polar surface area (TPSA) is 53.0 Å². The lowest BCUT2D eigenvalue weighted by Crippen LogP contribution is -2.33. The van der Waals surface area contributed by atoms with Crippen molar-refractivity contribution in [1.29, 1.82) is 0 Å². The molecule has 0 aliphatic heterocycles. The van der Waals surface area contributed by atoms with E-state index in [0.29, 0.717) is 6.54 Å². The van der Waals surface area contributed by atoms with E-state index in [0.717, 1.165) is 30.9 Å². The van der Waals surface area contributed by atoms with Crippen molar-refractivity contribution in [2.45, 2.75) is 13.3 Å². The van der Waals surface area contributed by atoms with Gasteiger partial charge in [-0.15, -0.1) is 0 Å². The Morgan fingerprint density at radius 3 is 2.33 bits per heavy atom. The Hall–Kier alpha value is -1.75. The van der Waals surface area contributed by atoms with E-state index in [4.69, 9.17) is 9.84 Å². The SMILES string of the molecule is COc1ccc(N(CCCN(C)C)CC(C)C(=O)O)cc1. The van der Waals surface area contributed by atoms with Crippen molar-refractivity contribution >= 4 is 11.7 Å². The van der Waals surface area contributed by atoms with Crippen molar-refractivity contribution < 1.29 is 14.6 Å². The molecule has 1 unspecified atom stereocenters. The molecule has 0 saturated carbocycles. The van der Waals surface area contributed by atoms with Gasteiger partial charge in [-0.3, -0.25) is 4.79 Å². The molecule has 0 fully saturated rings. The summed E-state index contributed by atoms with van der Waals surface area (Å²) in [4.78, 5) is 15.4. The second-order valence-corrected chi connectivity index (χ2v) is 5.54. The second kappa shape index (κ2) is 8.52. The molecule has 1 aromatic carbocycles. The molecule has 0 amide bonds. The maximum Gasteiger partial charge on any atom is 0.308 e. The molecule has 118 valence electrons. The number of aliphatic carboxylic acids is 1. The number of carbonyl (C=O) groups is 1. The summed E-state index contributed by atoms with van der Waals surface area (Å²) in [6.45, 7) is 4.07. The first-order chi connectivity index (χ1) is 9.93. The Bertz CT molecular complexity index is 432. The van der Waals surface area contributed by atoms with Gasteiger partial charge in [0.2, 0.25) is 0 Å². The van der Waals surface area contributed by atoms with Gasteiger partial charge in [0.15, 0.2) is 0 Å². The zero-order chi connectivity index (χ0) is 15.8. The highest BCUT2D eigenvalue weighted by Crippen LogP contribution is 2.20. The minimum absolute atomic E-state index is 0.397. The van der Waals surface area contributed by atoms with Crippen LogP contribution in [-0.4, -0.2) is 56.8 Å². The van der Waals surface area contributed by atoms with Crippen molar-refractivity contribution in [3.8, 4) is 5.75 Å². The number of benzene rings is 1. The summed E-state index contributed by atoms with van der Waals surface area (Å²) >= 11 is 0. The number of hydrogen-bond donors (Lipinski definition) is 1. The molecule has 0 spiro atoms. The van der Waals surface area contributed by atoms with Crippen molar-refractivity contribution in [3.63, 3.8) is 0 Å². The van der Waals surface area contributed by atoms with Gasteiger partial charge in [0.05, 0.1) is 13.0 Å². The summed E-state index contributed by atoms with van der Waals surface area (Å²) in [5, 5.41) is 9.12. The Labute approximate surface area is 127 Å². The van der Waals surface area contributed by atoms with Crippen LogP contribution in [0, 0.1) is 5.92 Å². The van der Waals surface area contributed by atoms with Crippen molar-refractivity contribution in [2.75, 3.05) is 45.7 Å². The predicted octanol–water partition coefficient (Wildman–Crippen LogP) is 2.17. The first-order valence-corrected chi connectivity index (χ1v) is 7.20. The number of carboxylic acids is 1. The number of methoxy groups -OCH3 is 1. The minimum atomic E-state index is -0.763. The van der Waals surface area contributed by atoms with Gasteiger partial charge in [-0.05, 0) is 51.3 Å². The number of ether oxygens (including phenoxy) is 1. The molecule has 1 N–H and O–H groups in total. The molecule has 0 aliphatic rings. The third kappa shape index (κ3) is 6.04. The largest absolute Gasteiger partial charge is 0.497 e. The summed E-state index contributed by atoms with van der Waals surface area (Å²) in [5.41, 5.74) is 1.03. The van der Waals surface area contributed by atoms with Crippen LogP contribution >= 0.6 is 0 Å². The monoisotopic (exact) mass is 294 g/mol. The molecule has 0 bridgehead atoms. The second-order valence-electron chi connectivity index (χ2n) is 5.54. The summed E-state index contributed by atoms with van der Waals surface area (Å²) < 4.78 is 5.16. The molecule has 21 heavy (non-hydrogen) atoms. The fourth-order valence-electron chi connectivity index (χ4n) is 2.11. The van der Waals surface area contributed by atoms with Gasteiger partial charge in [0, 0.05) is 18.8 Å². The molecule has 1 atom stereocenters. The van der Waals surface area contributed by atoms with E-state index in [1.807, 2.05) is 38.4 Å². The standard InChI is InChI=1S/C16H26N2O3/c1-13(16(19)20)12-18(11-5-10-17(2)3)14-6-8-15(21-4)9-7-14/h6-9,13H,5,10-12H2,1-4H3,(H,19,20). The zero-order valence-electron chi connectivity index (χ0n) is 13.4. The highest BCUT2D eigenvalue weighted by molar-refractivity contribution is 5.70. The number of carboxylic acid groups (broad SMARTS) is 1.